The van der Waals surface area contributed by atoms with E-state index in [9.17, 15) is 17.6 Å². The van der Waals surface area contributed by atoms with E-state index in [-0.39, 0.29) is 17.2 Å². The number of benzene rings is 1. The largest absolute Gasteiger partial charge is 0.298 e. The second-order valence-electron chi connectivity index (χ2n) is 4.67. The maximum absolute atomic E-state index is 13.7. The Morgan fingerprint density at radius 3 is 2.63 bits per heavy atom. The SMILES string of the molecule is CC(=O)C1CCCCN1S(=O)(=O)c1ccccc1F. The minimum absolute atomic E-state index is 0.195. The first kappa shape index (κ1) is 14.1. The molecule has 1 aliphatic heterocycles. The fraction of sp³-hybridized carbons (Fsp3) is 0.462. The molecule has 0 aliphatic carbocycles. The van der Waals surface area contributed by atoms with E-state index in [1.165, 1.54) is 25.1 Å². The number of ketones is 1. The van der Waals surface area contributed by atoms with Crippen LogP contribution in [-0.4, -0.2) is 31.1 Å². The Kier molecular flexibility index (Phi) is 4.01. The van der Waals surface area contributed by atoms with Crippen LogP contribution in [0, 0.1) is 5.82 Å². The van der Waals surface area contributed by atoms with Gasteiger partial charge in [0.2, 0.25) is 10.0 Å². The van der Waals surface area contributed by atoms with Gasteiger partial charge in [-0.3, -0.25) is 4.79 Å². The molecular weight excluding hydrogens is 269 g/mol. The first-order chi connectivity index (χ1) is 8.94. The summed E-state index contributed by atoms with van der Waals surface area (Å²) in [6, 6.07) is 4.59. The fourth-order valence-corrected chi connectivity index (χ4v) is 4.16. The van der Waals surface area contributed by atoms with Gasteiger partial charge >= 0.3 is 0 Å². The molecule has 1 aromatic carbocycles. The molecule has 0 radical (unpaired) electrons. The van der Waals surface area contributed by atoms with E-state index in [4.69, 9.17) is 0 Å². The van der Waals surface area contributed by atoms with Crippen molar-refractivity contribution < 1.29 is 17.6 Å². The Bertz CT molecular complexity index is 585. The van der Waals surface area contributed by atoms with Crippen LogP contribution < -0.4 is 0 Å². The standard InChI is InChI=1S/C13H16FNO3S/c1-10(16)12-7-4-5-9-15(12)19(17,18)13-8-3-2-6-11(13)14/h2-3,6,8,12H,4-5,7,9H2,1H3. The molecule has 1 unspecified atom stereocenters. The van der Waals surface area contributed by atoms with E-state index in [0.29, 0.717) is 12.8 Å². The monoisotopic (exact) mass is 285 g/mol. The van der Waals surface area contributed by atoms with E-state index >= 15 is 0 Å². The maximum Gasteiger partial charge on any atom is 0.246 e. The summed E-state index contributed by atoms with van der Waals surface area (Å²) in [6.07, 6.45) is 2.01. The first-order valence-electron chi connectivity index (χ1n) is 6.21. The molecule has 1 aliphatic rings. The van der Waals surface area contributed by atoms with E-state index in [1.807, 2.05) is 0 Å². The van der Waals surface area contributed by atoms with Crippen molar-refractivity contribution in [1.29, 1.82) is 0 Å². The molecule has 104 valence electrons. The van der Waals surface area contributed by atoms with E-state index < -0.39 is 21.9 Å². The average Bonchev–Trinajstić information content (AvgIpc) is 2.39. The predicted octanol–water partition coefficient (Wildman–Crippen LogP) is 1.96. The van der Waals surface area contributed by atoms with Crippen LogP contribution in [0.25, 0.3) is 0 Å². The van der Waals surface area contributed by atoms with E-state index in [0.717, 1.165) is 16.8 Å². The summed E-state index contributed by atoms with van der Waals surface area (Å²) in [4.78, 5) is 11.2. The number of hydrogen-bond donors (Lipinski definition) is 0. The topological polar surface area (TPSA) is 54.5 Å². The summed E-state index contributed by atoms with van der Waals surface area (Å²) in [5.74, 6) is -0.977. The fourth-order valence-electron chi connectivity index (χ4n) is 2.38. The molecule has 0 bridgehead atoms. The zero-order valence-corrected chi connectivity index (χ0v) is 11.5. The van der Waals surface area contributed by atoms with Gasteiger partial charge in [0.25, 0.3) is 0 Å². The molecule has 1 saturated heterocycles. The normalized spacial score (nSPS) is 21.3. The highest BCUT2D eigenvalue weighted by molar-refractivity contribution is 7.89. The van der Waals surface area contributed by atoms with Gasteiger partial charge in [0.1, 0.15) is 16.5 Å². The number of carbonyl (C=O) groups is 1. The quantitative estimate of drug-likeness (QED) is 0.853. The zero-order chi connectivity index (χ0) is 14.0. The lowest BCUT2D eigenvalue weighted by Gasteiger charge is -2.33. The number of carbonyl (C=O) groups excluding carboxylic acids is 1. The lowest BCUT2D eigenvalue weighted by atomic mass is 10.0. The predicted molar refractivity (Wildman–Crippen MR) is 68.6 cm³/mol. The molecule has 6 heteroatoms. The Morgan fingerprint density at radius 1 is 1.32 bits per heavy atom. The van der Waals surface area contributed by atoms with Gasteiger partial charge in [0.05, 0.1) is 6.04 Å². The minimum atomic E-state index is -3.95. The number of hydrogen-bond acceptors (Lipinski definition) is 3. The summed E-state index contributed by atoms with van der Waals surface area (Å²) >= 11 is 0. The van der Waals surface area contributed by atoms with Crippen molar-refractivity contribution in [3.8, 4) is 0 Å². The van der Waals surface area contributed by atoms with Crippen molar-refractivity contribution in [2.24, 2.45) is 0 Å². The summed E-state index contributed by atoms with van der Waals surface area (Å²) in [6.45, 7) is 1.64. The van der Waals surface area contributed by atoms with Gasteiger partial charge in [-0.15, -0.1) is 0 Å². The van der Waals surface area contributed by atoms with Crippen LogP contribution in [0.2, 0.25) is 0 Å². The molecule has 4 nitrogen and oxygen atoms in total. The van der Waals surface area contributed by atoms with Gasteiger partial charge in [-0.1, -0.05) is 18.6 Å². The van der Waals surface area contributed by atoms with Crippen molar-refractivity contribution in [3.63, 3.8) is 0 Å². The van der Waals surface area contributed by atoms with Gasteiger partial charge in [0.15, 0.2) is 0 Å². The van der Waals surface area contributed by atoms with Gasteiger partial charge in [0, 0.05) is 6.54 Å². The van der Waals surface area contributed by atoms with Crippen LogP contribution in [0.5, 0.6) is 0 Å². The van der Waals surface area contributed by atoms with Crippen molar-refractivity contribution in [1.82, 2.24) is 4.31 Å². The summed E-state index contributed by atoms with van der Waals surface area (Å²) in [5.41, 5.74) is 0. The maximum atomic E-state index is 13.7. The number of nitrogens with zero attached hydrogens (tertiary/aromatic N) is 1. The second-order valence-corrected chi connectivity index (χ2v) is 6.53. The summed E-state index contributed by atoms with van der Waals surface area (Å²) in [5, 5.41) is 0. The Hall–Kier alpha value is -1.27. The minimum Gasteiger partial charge on any atom is -0.298 e. The smallest absolute Gasteiger partial charge is 0.246 e. The molecule has 1 heterocycles. The van der Waals surface area contributed by atoms with Crippen molar-refractivity contribution in [3.05, 3.63) is 30.1 Å². The molecule has 1 fully saturated rings. The van der Waals surface area contributed by atoms with Crippen molar-refractivity contribution in [2.45, 2.75) is 37.1 Å². The molecule has 2 rings (SSSR count). The van der Waals surface area contributed by atoms with Crippen LogP contribution >= 0.6 is 0 Å². The number of sulfonamides is 1. The van der Waals surface area contributed by atoms with Crippen LogP contribution in [0.3, 0.4) is 0 Å². The molecule has 0 amide bonds. The molecule has 0 N–H and O–H groups in total. The Balaban J connectivity index is 2.43. The van der Waals surface area contributed by atoms with Gasteiger partial charge < -0.3 is 0 Å². The van der Waals surface area contributed by atoms with E-state index in [2.05, 4.69) is 0 Å². The highest BCUT2D eigenvalue weighted by Gasteiger charge is 2.36. The third-order valence-electron chi connectivity index (χ3n) is 3.35. The zero-order valence-electron chi connectivity index (χ0n) is 10.7. The van der Waals surface area contributed by atoms with Gasteiger partial charge in [-0.2, -0.15) is 4.31 Å². The third kappa shape index (κ3) is 2.69. The molecule has 1 aromatic rings. The average molecular weight is 285 g/mol. The van der Waals surface area contributed by atoms with Crippen LogP contribution in [0.4, 0.5) is 4.39 Å². The van der Waals surface area contributed by atoms with E-state index in [1.54, 1.807) is 0 Å². The Morgan fingerprint density at radius 2 is 2.00 bits per heavy atom. The molecule has 0 spiro atoms. The van der Waals surface area contributed by atoms with Crippen molar-refractivity contribution >= 4 is 15.8 Å². The number of rotatable bonds is 3. The van der Waals surface area contributed by atoms with Crippen LogP contribution in [-0.2, 0) is 14.8 Å². The van der Waals surface area contributed by atoms with Crippen molar-refractivity contribution in [2.75, 3.05) is 6.54 Å². The molecule has 0 aromatic heterocycles. The number of Topliss-reactive ketones (excluding diaryl/α,β-unsaturated/α-hetero) is 1. The first-order valence-corrected chi connectivity index (χ1v) is 7.65. The van der Waals surface area contributed by atoms with Crippen LogP contribution in [0.1, 0.15) is 26.2 Å². The molecule has 19 heavy (non-hydrogen) atoms. The number of piperidine rings is 1. The van der Waals surface area contributed by atoms with Crippen LogP contribution in [0.15, 0.2) is 29.2 Å². The summed E-state index contributed by atoms with van der Waals surface area (Å²) in [7, 11) is -3.95. The number of halogens is 1. The lowest BCUT2D eigenvalue weighted by molar-refractivity contribution is -0.121. The summed E-state index contributed by atoms with van der Waals surface area (Å²) < 4.78 is 39.7. The highest BCUT2D eigenvalue weighted by Crippen LogP contribution is 2.27. The molecular formula is C13H16FNO3S. The lowest BCUT2D eigenvalue weighted by Crippen LogP contribution is -2.47. The molecule has 0 saturated carbocycles. The second kappa shape index (κ2) is 5.38. The molecule has 1 atom stereocenters. The third-order valence-corrected chi connectivity index (χ3v) is 5.29. The Labute approximate surface area is 112 Å². The van der Waals surface area contributed by atoms with Gasteiger partial charge in [-0.25, -0.2) is 12.8 Å². The highest BCUT2D eigenvalue weighted by atomic mass is 32.2. The van der Waals surface area contributed by atoms with Gasteiger partial charge in [-0.05, 0) is 31.9 Å².